The summed E-state index contributed by atoms with van der Waals surface area (Å²) in [5.74, 6) is 12.0. The Morgan fingerprint density at radius 3 is 1.50 bits per heavy atom. The van der Waals surface area contributed by atoms with E-state index in [9.17, 15) is 0 Å². The van der Waals surface area contributed by atoms with Crippen molar-refractivity contribution in [2.75, 3.05) is 13.2 Å². The lowest BCUT2D eigenvalue weighted by Gasteiger charge is -1.92. The quantitative estimate of drug-likeness (QED) is 0.806. The van der Waals surface area contributed by atoms with Gasteiger partial charge in [-0.25, -0.2) is 0 Å². The second kappa shape index (κ2) is 8.77. The summed E-state index contributed by atoms with van der Waals surface area (Å²) >= 11 is 0. The van der Waals surface area contributed by atoms with Crippen LogP contribution in [0.25, 0.3) is 0 Å². The van der Waals surface area contributed by atoms with Crippen LogP contribution in [0, 0.1) is 23.7 Å². The summed E-state index contributed by atoms with van der Waals surface area (Å²) in [6.07, 6.45) is 3.34. The Kier molecular flexibility index (Phi) is 6.93. The molecular formula is C18H18O2. The molecule has 0 aliphatic carbocycles. The zero-order chi connectivity index (χ0) is 14.8. The molecular weight excluding hydrogens is 248 g/mol. The van der Waals surface area contributed by atoms with Crippen molar-refractivity contribution in [1.82, 2.24) is 0 Å². The molecule has 0 spiro atoms. The maximum atomic E-state index is 8.73. The molecule has 102 valence electrons. The first-order chi connectivity index (χ1) is 9.65. The van der Waals surface area contributed by atoms with Gasteiger partial charge in [0, 0.05) is 11.1 Å². The minimum Gasteiger partial charge on any atom is -0.392 e. The molecule has 20 heavy (non-hydrogen) atoms. The zero-order valence-corrected chi connectivity index (χ0v) is 11.8. The molecule has 0 radical (unpaired) electrons. The van der Waals surface area contributed by atoms with Gasteiger partial charge < -0.3 is 10.2 Å². The molecule has 1 rings (SSSR count). The van der Waals surface area contributed by atoms with Crippen LogP contribution >= 0.6 is 0 Å². The third-order valence-electron chi connectivity index (χ3n) is 2.49. The molecule has 2 heteroatoms. The first-order valence-electron chi connectivity index (χ1n) is 6.35. The lowest BCUT2D eigenvalue weighted by atomic mass is 10.1. The van der Waals surface area contributed by atoms with Gasteiger partial charge in [0.2, 0.25) is 0 Å². The molecule has 0 atom stereocenters. The van der Waals surface area contributed by atoms with Gasteiger partial charge in [0.25, 0.3) is 0 Å². The maximum Gasteiger partial charge on any atom is 0.0624 e. The number of aliphatic hydroxyl groups is 2. The number of allylic oxidation sites excluding steroid dienone is 2. The van der Waals surface area contributed by atoms with Crippen molar-refractivity contribution in [2.24, 2.45) is 0 Å². The van der Waals surface area contributed by atoms with Gasteiger partial charge in [-0.2, -0.15) is 0 Å². The van der Waals surface area contributed by atoms with E-state index < -0.39 is 0 Å². The van der Waals surface area contributed by atoms with Crippen molar-refractivity contribution < 1.29 is 10.2 Å². The van der Waals surface area contributed by atoms with Crippen LogP contribution in [0.4, 0.5) is 0 Å². The SMILES string of the molecule is CC(C#Cc1ccc(C#CC(C)=CCO)cc1)=CCO. The molecule has 0 fully saturated rings. The average molecular weight is 266 g/mol. The lowest BCUT2D eigenvalue weighted by molar-refractivity contribution is 0.342. The molecule has 0 saturated carbocycles. The van der Waals surface area contributed by atoms with E-state index in [1.54, 1.807) is 12.2 Å². The molecule has 0 aliphatic heterocycles. The summed E-state index contributed by atoms with van der Waals surface area (Å²) in [7, 11) is 0. The Morgan fingerprint density at radius 2 is 1.20 bits per heavy atom. The van der Waals surface area contributed by atoms with Crippen LogP contribution < -0.4 is 0 Å². The smallest absolute Gasteiger partial charge is 0.0624 e. The van der Waals surface area contributed by atoms with Crippen LogP contribution in [0.3, 0.4) is 0 Å². The van der Waals surface area contributed by atoms with Crippen LogP contribution in [-0.4, -0.2) is 23.4 Å². The van der Waals surface area contributed by atoms with Gasteiger partial charge in [-0.15, -0.1) is 0 Å². The standard InChI is InChI=1S/C18H18O2/c1-15(11-13-19)3-5-17-7-9-18(10-8-17)6-4-16(2)12-14-20/h7-12,19-20H,13-14H2,1-2H3. The highest BCUT2D eigenvalue weighted by molar-refractivity contribution is 5.46. The van der Waals surface area contributed by atoms with Crippen LogP contribution in [0.5, 0.6) is 0 Å². The second-order valence-corrected chi connectivity index (χ2v) is 4.22. The summed E-state index contributed by atoms with van der Waals surface area (Å²) in [5, 5.41) is 17.5. The van der Waals surface area contributed by atoms with E-state index in [0.29, 0.717) is 0 Å². The van der Waals surface area contributed by atoms with Gasteiger partial charge in [0.05, 0.1) is 13.2 Å². The van der Waals surface area contributed by atoms with Crippen molar-refractivity contribution in [2.45, 2.75) is 13.8 Å². The summed E-state index contributed by atoms with van der Waals surface area (Å²) in [5.41, 5.74) is 3.51. The number of aliphatic hydroxyl groups excluding tert-OH is 2. The third kappa shape index (κ3) is 6.07. The van der Waals surface area contributed by atoms with Gasteiger partial charge in [0.15, 0.2) is 0 Å². The van der Waals surface area contributed by atoms with E-state index in [-0.39, 0.29) is 13.2 Å². The van der Waals surface area contributed by atoms with E-state index >= 15 is 0 Å². The molecule has 0 saturated heterocycles. The molecule has 1 aromatic rings. The molecule has 2 N–H and O–H groups in total. The first kappa shape index (κ1) is 15.8. The Hall–Kier alpha value is -2.26. The summed E-state index contributed by atoms with van der Waals surface area (Å²) in [6.45, 7) is 3.74. The third-order valence-corrected chi connectivity index (χ3v) is 2.49. The van der Waals surface area contributed by atoms with Crippen molar-refractivity contribution >= 4 is 0 Å². The molecule has 0 unspecified atom stereocenters. The van der Waals surface area contributed by atoms with Gasteiger partial charge in [0.1, 0.15) is 0 Å². The number of hydrogen-bond acceptors (Lipinski definition) is 2. The summed E-state index contributed by atoms with van der Waals surface area (Å²) < 4.78 is 0. The predicted molar refractivity (Wildman–Crippen MR) is 81.9 cm³/mol. The number of benzene rings is 1. The summed E-state index contributed by atoms with van der Waals surface area (Å²) in [6, 6.07) is 7.64. The fourth-order valence-electron chi connectivity index (χ4n) is 1.35. The van der Waals surface area contributed by atoms with Crippen LogP contribution in [0.2, 0.25) is 0 Å². The Balaban J connectivity index is 2.80. The molecule has 0 amide bonds. The van der Waals surface area contributed by atoms with Crippen molar-refractivity contribution in [3.05, 3.63) is 58.7 Å². The van der Waals surface area contributed by atoms with E-state index in [1.165, 1.54) is 0 Å². The van der Waals surface area contributed by atoms with E-state index in [4.69, 9.17) is 10.2 Å². The van der Waals surface area contributed by atoms with Crippen LogP contribution in [-0.2, 0) is 0 Å². The Bertz CT molecular complexity index is 554. The van der Waals surface area contributed by atoms with Gasteiger partial charge >= 0.3 is 0 Å². The first-order valence-corrected chi connectivity index (χ1v) is 6.35. The normalized spacial score (nSPS) is 11.2. The van der Waals surface area contributed by atoms with Crippen LogP contribution in [0.1, 0.15) is 25.0 Å². The van der Waals surface area contributed by atoms with Crippen molar-refractivity contribution in [3.63, 3.8) is 0 Å². The molecule has 2 nitrogen and oxygen atoms in total. The molecule has 1 aromatic carbocycles. The maximum absolute atomic E-state index is 8.73. The average Bonchev–Trinajstić information content (AvgIpc) is 2.45. The lowest BCUT2D eigenvalue weighted by Crippen LogP contribution is -1.80. The van der Waals surface area contributed by atoms with E-state index in [1.807, 2.05) is 38.1 Å². The van der Waals surface area contributed by atoms with Crippen molar-refractivity contribution in [3.8, 4) is 23.7 Å². The Morgan fingerprint density at radius 1 is 0.850 bits per heavy atom. The van der Waals surface area contributed by atoms with Crippen LogP contribution in [0.15, 0.2) is 47.6 Å². The highest BCUT2D eigenvalue weighted by Crippen LogP contribution is 2.03. The largest absolute Gasteiger partial charge is 0.392 e. The molecule has 0 aliphatic rings. The highest BCUT2D eigenvalue weighted by atomic mass is 16.3. The number of hydrogen-bond donors (Lipinski definition) is 2. The molecule has 0 bridgehead atoms. The minimum absolute atomic E-state index is 0.00967. The topological polar surface area (TPSA) is 40.5 Å². The molecule has 0 heterocycles. The van der Waals surface area contributed by atoms with E-state index in [2.05, 4.69) is 23.7 Å². The minimum atomic E-state index is 0.00967. The van der Waals surface area contributed by atoms with Gasteiger partial charge in [-0.3, -0.25) is 0 Å². The fourth-order valence-corrected chi connectivity index (χ4v) is 1.35. The highest BCUT2D eigenvalue weighted by Gasteiger charge is 1.89. The zero-order valence-electron chi connectivity index (χ0n) is 11.8. The van der Waals surface area contributed by atoms with Crippen molar-refractivity contribution in [1.29, 1.82) is 0 Å². The second-order valence-electron chi connectivity index (χ2n) is 4.22. The summed E-state index contributed by atoms with van der Waals surface area (Å²) in [4.78, 5) is 0. The monoisotopic (exact) mass is 266 g/mol. The Labute approximate surface area is 120 Å². The fraction of sp³-hybridized carbons (Fsp3) is 0.222. The number of rotatable bonds is 2. The van der Waals surface area contributed by atoms with E-state index in [0.717, 1.165) is 22.3 Å². The van der Waals surface area contributed by atoms with Gasteiger partial charge in [-0.1, -0.05) is 23.7 Å². The molecule has 0 aromatic heterocycles. The predicted octanol–water partition coefficient (Wildman–Crippen LogP) is 2.27. The van der Waals surface area contributed by atoms with Gasteiger partial charge in [-0.05, 0) is 61.4 Å².